The molecule has 3 rings (SSSR count). The predicted octanol–water partition coefficient (Wildman–Crippen LogP) is 2.21. The van der Waals surface area contributed by atoms with Crippen LogP contribution in [-0.4, -0.2) is 14.5 Å². The molecule has 0 atom stereocenters. The normalized spacial score (nSPS) is 10.9. The summed E-state index contributed by atoms with van der Waals surface area (Å²) in [6, 6.07) is 7.91. The molecular formula is C15H11F2N3O2. The van der Waals surface area contributed by atoms with E-state index in [9.17, 15) is 18.7 Å². The van der Waals surface area contributed by atoms with Crippen LogP contribution in [0, 0.1) is 11.6 Å². The molecule has 0 saturated carbocycles. The highest BCUT2D eigenvalue weighted by Gasteiger charge is 2.14. The molecule has 2 N–H and O–H groups in total. The molecule has 22 heavy (non-hydrogen) atoms. The van der Waals surface area contributed by atoms with Crippen LogP contribution in [0.4, 0.5) is 20.3 Å². The third-order valence-corrected chi connectivity index (χ3v) is 3.17. The first-order valence-electron chi connectivity index (χ1n) is 6.43. The number of hydrogen-bond donors (Lipinski definition) is 2. The van der Waals surface area contributed by atoms with Gasteiger partial charge in [0.1, 0.15) is 11.6 Å². The predicted molar refractivity (Wildman–Crippen MR) is 77.0 cm³/mol. The summed E-state index contributed by atoms with van der Waals surface area (Å²) >= 11 is 0. The van der Waals surface area contributed by atoms with Crippen LogP contribution in [0.15, 0.2) is 47.4 Å². The van der Waals surface area contributed by atoms with Gasteiger partial charge in [-0.1, -0.05) is 0 Å². The van der Waals surface area contributed by atoms with Crippen molar-refractivity contribution in [2.45, 2.75) is 6.61 Å². The van der Waals surface area contributed by atoms with E-state index in [0.717, 1.165) is 4.40 Å². The largest absolute Gasteiger partial charge is 0.391 e. The lowest BCUT2D eigenvalue weighted by atomic mass is 10.2. The van der Waals surface area contributed by atoms with Crippen molar-refractivity contribution in [3.8, 4) is 0 Å². The van der Waals surface area contributed by atoms with Crippen molar-refractivity contribution < 1.29 is 13.9 Å². The fourth-order valence-corrected chi connectivity index (χ4v) is 2.08. The molecule has 0 aliphatic rings. The van der Waals surface area contributed by atoms with Gasteiger partial charge >= 0.3 is 0 Å². The zero-order chi connectivity index (χ0) is 15.7. The van der Waals surface area contributed by atoms with Crippen molar-refractivity contribution >= 4 is 17.2 Å². The van der Waals surface area contributed by atoms with Crippen LogP contribution in [0.5, 0.6) is 0 Å². The van der Waals surface area contributed by atoms with Gasteiger partial charge in [-0.2, -0.15) is 0 Å². The van der Waals surface area contributed by atoms with E-state index in [1.54, 1.807) is 0 Å². The molecule has 7 heteroatoms. The lowest BCUT2D eigenvalue weighted by Gasteiger charge is -2.11. The number of benzene rings is 1. The minimum absolute atomic E-state index is 0.00701. The minimum Gasteiger partial charge on any atom is -0.391 e. The summed E-state index contributed by atoms with van der Waals surface area (Å²) in [4.78, 5) is 16.3. The van der Waals surface area contributed by atoms with Crippen LogP contribution in [0.2, 0.25) is 0 Å². The number of aliphatic hydroxyl groups is 1. The van der Waals surface area contributed by atoms with Crippen LogP contribution < -0.4 is 10.9 Å². The lowest BCUT2D eigenvalue weighted by molar-refractivity contribution is 0.280. The van der Waals surface area contributed by atoms with Crippen LogP contribution in [0.25, 0.3) is 5.65 Å². The number of anilines is 2. The van der Waals surface area contributed by atoms with Gasteiger partial charge < -0.3 is 10.4 Å². The second-order valence-corrected chi connectivity index (χ2v) is 4.58. The third kappa shape index (κ3) is 2.42. The van der Waals surface area contributed by atoms with Gasteiger partial charge in [0.2, 0.25) is 0 Å². The van der Waals surface area contributed by atoms with E-state index < -0.39 is 23.8 Å². The fraction of sp³-hybridized carbons (Fsp3) is 0.0667. The van der Waals surface area contributed by atoms with Crippen LogP contribution in [0.3, 0.4) is 0 Å². The molecule has 0 unspecified atom stereocenters. The average Bonchev–Trinajstić information content (AvgIpc) is 2.51. The number of aliphatic hydroxyl groups excluding tert-OH is 1. The number of aromatic nitrogens is 2. The quantitative estimate of drug-likeness (QED) is 0.778. The molecule has 2 heterocycles. The topological polar surface area (TPSA) is 66.6 Å². The Hall–Kier alpha value is -2.80. The molecule has 0 aliphatic carbocycles. The fourth-order valence-electron chi connectivity index (χ4n) is 2.08. The summed E-state index contributed by atoms with van der Waals surface area (Å²) < 4.78 is 27.7. The average molecular weight is 303 g/mol. The molecule has 0 saturated heterocycles. The van der Waals surface area contributed by atoms with Crippen LogP contribution in [-0.2, 0) is 6.61 Å². The number of pyridine rings is 1. The van der Waals surface area contributed by atoms with Crippen LogP contribution in [0.1, 0.15) is 5.56 Å². The Morgan fingerprint density at radius 3 is 2.59 bits per heavy atom. The van der Waals surface area contributed by atoms with Gasteiger partial charge in [-0.15, -0.1) is 0 Å². The molecular weight excluding hydrogens is 292 g/mol. The molecule has 112 valence electrons. The van der Waals surface area contributed by atoms with E-state index in [2.05, 4.69) is 10.3 Å². The van der Waals surface area contributed by atoms with Crippen molar-refractivity contribution in [2.24, 2.45) is 0 Å². The summed E-state index contributed by atoms with van der Waals surface area (Å²) in [6.45, 7) is -0.561. The van der Waals surface area contributed by atoms with Crippen molar-refractivity contribution in [3.63, 3.8) is 0 Å². The van der Waals surface area contributed by atoms with E-state index in [1.807, 2.05) is 0 Å². The summed E-state index contributed by atoms with van der Waals surface area (Å²) in [5.41, 5.74) is -0.276. The highest BCUT2D eigenvalue weighted by Crippen LogP contribution is 2.19. The van der Waals surface area contributed by atoms with Crippen molar-refractivity contribution in [1.82, 2.24) is 9.38 Å². The zero-order valence-corrected chi connectivity index (χ0v) is 11.3. The molecule has 0 radical (unpaired) electrons. The van der Waals surface area contributed by atoms with Crippen molar-refractivity contribution in [2.75, 3.05) is 5.32 Å². The third-order valence-electron chi connectivity index (χ3n) is 3.17. The minimum atomic E-state index is -0.661. The molecule has 0 bridgehead atoms. The molecule has 5 nitrogen and oxygen atoms in total. The molecule has 0 amide bonds. The molecule has 2 aromatic heterocycles. The maximum atomic E-state index is 13.8. The van der Waals surface area contributed by atoms with Crippen molar-refractivity contribution in [1.29, 1.82) is 0 Å². The molecule has 0 aliphatic heterocycles. The van der Waals surface area contributed by atoms with E-state index in [-0.39, 0.29) is 17.0 Å². The number of rotatable bonds is 3. The summed E-state index contributed by atoms with van der Waals surface area (Å²) in [6.07, 6.45) is 1.37. The highest BCUT2D eigenvalue weighted by molar-refractivity contribution is 5.61. The summed E-state index contributed by atoms with van der Waals surface area (Å²) in [5, 5.41) is 12.2. The molecule has 1 aromatic carbocycles. The maximum absolute atomic E-state index is 13.8. The van der Waals surface area contributed by atoms with Gasteiger partial charge in [-0.3, -0.25) is 9.20 Å². The first-order chi connectivity index (χ1) is 10.6. The molecule has 0 spiro atoms. The van der Waals surface area contributed by atoms with E-state index in [0.29, 0.717) is 5.69 Å². The smallest absolute Gasteiger partial charge is 0.265 e. The lowest BCUT2D eigenvalue weighted by Crippen LogP contribution is -2.22. The van der Waals surface area contributed by atoms with Crippen molar-refractivity contribution in [3.05, 3.63) is 70.1 Å². The first-order valence-corrected chi connectivity index (χ1v) is 6.43. The number of hydrogen-bond acceptors (Lipinski definition) is 4. The van der Waals surface area contributed by atoms with Crippen LogP contribution >= 0.6 is 0 Å². The number of halogens is 2. The van der Waals surface area contributed by atoms with Gasteiger partial charge in [-0.05, 0) is 36.4 Å². The van der Waals surface area contributed by atoms with Gasteiger partial charge in [0, 0.05) is 11.9 Å². The zero-order valence-electron chi connectivity index (χ0n) is 11.3. The Morgan fingerprint density at radius 1 is 1.18 bits per heavy atom. The van der Waals surface area contributed by atoms with Gasteiger partial charge in [0.05, 0.1) is 12.2 Å². The molecule has 0 fully saturated rings. The number of fused-ring (bicyclic) bond motifs is 1. The summed E-state index contributed by atoms with van der Waals surface area (Å²) in [5.74, 6) is -1.04. The maximum Gasteiger partial charge on any atom is 0.265 e. The Morgan fingerprint density at radius 2 is 1.91 bits per heavy atom. The van der Waals surface area contributed by atoms with Gasteiger partial charge in [-0.25, -0.2) is 13.8 Å². The second kappa shape index (κ2) is 5.53. The number of nitrogens with zero attached hydrogens (tertiary/aromatic N) is 2. The Bertz CT molecular complexity index is 892. The van der Waals surface area contributed by atoms with Gasteiger partial charge in [0.15, 0.2) is 11.5 Å². The molecule has 3 aromatic rings. The van der Waals surface area contributed by atoms with E-state index in [4.69, 9.17) is 0 Å². The second-order valence-electron chi connectivity index (χ2n) is 4.58. The SMILES string of the molecule is O=c1c(CO)c(Nc2ccc(F)cc2)nc2c(F)cccn12. The Balaban J connectivity index is 2.17. The highest BCUT2D eigenvalue weighted by atomic mass is 19.1. The standard InChI is InChI=1S/C15H11F2N3O2/c16-9-3-5-10(6-4-9)18-13-11(8-21)15(22)20-7-1-2-12(17)14(20)19-13/h1-7,18,21H,8H2. The van der Waals surface area contributed by atoms with E-state index >= 15 is 0 Å². The Labute approximate surface area is 123 Å². The van der Waals surface area contributed by atoms with E-state index in [1.165, 1.54) is 42.6 Å². The number of nitrogens with one attached hydrogen (secondary N) is 1. The summed E-state index contributed by atoms with van der Waals surface area (Å²) in [7, 11) is 0. The Kier molecular flexibility index (Phi) is 3.56. The monoisotopic (exact) mass is 303 g/mol. The van der Waals surface area contributed by atoms with Gasteiger partial charge in [0.25, 0.3) is 5.56 Å². The first kappa shape index (κ1) is 14.2.